The van der Waals surface area contributed by atoms with Gasteiger partial charge >= 0.3 is 0 Å². The molecule has 3 rings (SSSR count). The molecule has 2 amide bonds. The minimum Gasteiger partial charge on any atom is -0.491 e. The van der Waals surface area contributed by atoms with Gasteiger partial charge in [-0.25, -0.2) is 4.98 Å². The van der Waals surface area contributed by atoms with Crippen LogP contribution in [0, 0.1) is 5.92 Å². The standard InChI is InChI=1S/C19H26ClN3O3/c1-2-26-15-9-10-16(20)22-17(15)19(25)23-11-14(12-23)21-18(24)13-7-5-3-4-6-8-13/h9-10,13-14H,2-8,11-12H2,1H3,(H,21,24). The largest absolute Gasteiger partial charge is 0.491 e. The molecule has 1 aliphatic heterocycles. The minimum absolute atomic E-state index is 0.0180. The minimum atomic E-state index is -0.212. The molecular weight excluding hydrogens is 354 g/mol. The number of likely N-dealkylation sites (tertiary alicyclic amines) is 1. The van der Waals surface area contributed by atoms with Gasteiger partial charge in [0.2, 0.25) is 5.91 Å². The Morgan fingerprint density at radius 2 is 1.92 bits per heavy atom. The maximum atomic E-state index is 12.7. The van der Waals surface area contributed by atoms with Gasteiger partial charge < -0.3 is 15.0 Å². The van der Waals surface area contributed by atoms with Crippen LogP contribution < -0.4 is 10.1 Å². The molecule has 0 radical (unpaired) electrons. The van der Waals surface area contributed by atoms with Crippen molar-refractivity contribution in [1.29, 1.82) is 0 Å². The van der Waals surface area contributed by atoms with Crippen LogP contribution in [0.15, 0.2) is 12.1 Å². The molecule has 7 heteroatoms. The molecule has 0 atom stereocenters. The highest BCUT2D eigenvalue weighted by Gasteiger charge is 2.35. The number of hydrogen-bond donors (Lipinski definition) is 1. The lowest BCUT2D eigenvalue weighted by atomic mass is 9.98. The van der Waals surface area contributed by atoms with Crippen LogP contribution in [0.1, 0.15) is 55.9 Å². The molecule has 1 saturated carbocycles. The summed E-state index contributed by atoms with van der Waals surface area (Å²) in [4.78, 5) is 30.9. The number of carbonyl (C=O) groups is 2. The van der Waals surface area contributed by atoms with Crippen LogP contribution in [-0.4, -0.2) is 47.4 Å². The van der Waals surface area contributed by atoms with E-state index in [-0.39, 0.29) is 34.6 Å². The molecule has 1 aromatic heterocycles. The van der Waals surface area contributed by atoms with Gasteiger partial charge in [-0.2, -0.15) is 0 Å². The number of ether oxygens (including phenoxy) is 1. The molecule has 2 fully saturated rings. The number of nitrogens with one attached hydrogen (secondary N) is 1. The van der Waals surface area contributed by atoms with Gasteiger partial charge in [-0.1, -0.05) is 37.3 Å². The SMILES string of the molecule is CCOc1ccc(Cl)nc1C(=O)N1CC(NC(=O)C2CCCCCC2)C1. The summed E-state index contributed by atoms with van der Waals surface area (Å²) in [5, 5.41) is 3.35. The van der Waals surface area contributed by atoms with E-state index >= 15 is 0 Å². The van der Waals surface area contributed by atoms with Crippen molar-refractivity contribution in [2.75, 3.05) is 19.7 Å². The van der Waals surface area contributed by atoms with Gasteiger partial charge in [-0.05, 0) is 31.9 Å². The van der Waals surface area contributed by atoms with Gasteiger partial charge in [0.1, 0.15) is 5.15 Å². The predicted octanol–water partition coefficient (Wildman–Crippen LogP) is 3.04. The van der Waals surface area contributed by atoms with Gasteiger partial charge in [0.15, 0.2) is 11.4 Å². The number of aromatic nitrogens is 1. The summed E-state index contributed by atoms with van der Waals surface area (Å²) in [5.41, 5.74) is 0.230. The van der Waals surface area contributed by atoms with E-state index in [1.807, 2.05) is 6.92 Å². The van der Waals surface area contributed by atoms with Crippen molar-refractivity contribution in [1.82, 2.24) is 15.2 Å². The smallest absolute Gasteiger partial charge is 0.276 e. The van der Waals surface area contributed by atoms with Gasteiger partial charge in [0.05, 0.1) is 12.6 Å². The lowest BCUT2D eigenvalue weighted by molar-refractivity contribution is -0.127. The first-order chi connectivity index (χ1) is 12.6. The molecule has 1 aromatic rings. The number of pyridine rings is 1. The lowest BCUT2D eigenvalue weighted by Crippen LogP contribution is -2.61. The molecule has 0 spiro atoms. The molecule has 2 heterocycles. The van der Waals surface area contributed by atoms with Crippen molar-refractivity contribution in [3.8, 4) is 5.75 Å². The Bertz CT molecular complexity index is 653. The van der Waals surface area contributed by atoms with E-state index in [1.165, 1.54) is 12.8 Å². The van der Waals surface area contributed by atoms with E-state index in [1.54, 1.807) is 17.0 Å². The molecule has 1 saturated heterocycles. The summed E-state index contributed by atoms with van der Waals surface area (Å²) in [6.07, 6.45) is 6.67. The summed E-state index contributed by atoms with van der Waals surface area (Å²) >= 11 is 5.93. The molecule has 142 valence electrons. The van der Waals surface area contributed by atoms with E-state index in [9.17, 15) is 9.59 Å². The van der Waals surface area contributed by atoms with E-state index in [2.05, 4.69) is 10.3 Å². The third-order valence-corrected chi connectivity index (χ3v) is 5.28. The second-order valence-electron chi connectivity index (χ2n) is 7.02. The van der Waals surface area contributed by atoms with Gasteiger partial charge in [0.25, 0.3) is 5.91 Å². The lowest BCUT2D eigenvalue weighted by Gasteiger charge is -2.40. The van der Waals surface area contributed by atoms with E-state index < -0.39 is 0 Å². The van der Waals surface area contributed by atoms with Crippen molar-refractivity contribution in [2.24, 2.45) is 5.92 Å². The average Bonchev–Trinajstić information content (AvgIpc) is 2.88. The number of hydrogen-bond acceptors (Lipinski definition) is 4. The van der Waals surface area contributed by atoms with Crippen LogP contribution in [0.3, 0.4) is 0 Å². The molecule has 6 nitrogen and oxygen atoms in total. The zero-order chi connectivity index (χ0) is 18.5. The number of nitrogens with zero attached hydrogens (tertiary/aromatic N) is 2. The monoisotopic (exact) mass is 379 g/mol. The van der Waals surface area contributed by atoms with Gasteiger partial charge in [-0.3, -0.25) is 9.59 Å². The first-order valence-electron chi connectivity index (χ1n) is 9.47. The van der Waals surface area contributed by atoms with Crippen LogP contribution in [0.5, 0.6) is 5.75 Å². The Labute approximate surface area is 159 Å². The maximum absolute atomic E-state index is 12.7. The first-order valence-corrected chi connectivity index (χ1v) is 9.85. The van der Waals surface area contributed by atoms with Crippen LogP contribution in [-0.2, 0) is 4.79 Å². The highest BCUT2D eigenvalue weighted by atomic mass is 35.5. The van der Waals surface area contributed by atoms with E-state index in [4.69, 9.17) is 16.3 Å². The highest BCUT2D eigenvalue weighted by Crippen LogP contribution is 2.25. The van der Waals surface area contributed by atoms with Crippen LogP contribution >= 0.6 is 11.6 Å². The molecule has 0 unspecified atom stereocenters. The summed E-state index contributed by atoms with van der Waals surface area (Å²) < 4.78 is 5.48. The normalized spacial score (nSPS) is 18.8. The number of rotatable bonds is 5. The second kappa shape index (κ2) is 8.71. The maximum Gasteiger partial charge on any atom is 0.276 e. The summed E-state index contributed by atoms with van der Waals surface area (Å²) in [5.74, 6) is 0.491. The Morgan fingerprint density at radius 3 is 2.58 bits per heavy atom. The zero-order valence-electron chi connectivity index (χ0n) is 15.2. The molecule has 1 N–H and O–H groups in total. The Kier molecular flexibility index (Phi) is 6.35. The molecule has 2 aliphatic rings. The van der Waals surface area contributed by atoms with E-state index in [0.29, 0.717) is 25.4 Å². The van der Waals surface area contributed by atoms with Crippen molar-refractivity contribution >= 4 is 23.4 Å². The molecular formula is C19H26ClN3O3. The van der Waals surface area contributed by atoms with Gasteiger partial charge in [0, 0.05) is 19.0 Å². The molecule has 26 heavy (non-hydrogen) atoms. The quantitative estimate of drug-likeness (QED) is 0.630. The average molecular weight is 380 g/mol. The fourth-order valence-electron chi connectivity index (χ4n) is 3.59. The van der Waals surface area contributed by atoms with Crippen LogP contribution in [0.25, 0.3) is 0 Å². The Morgan fingerprint density at radius 1 is 1.23 bits per heavy atom. The number of carbonyl (C=O) groups excluding carboxylic acids is 2. The third-order valence-electron chi connectivity index (χ3n) is 5.07. The van der Waals surface area contributed by atoms with Crippen LogP contribution in [0.2, 0.25) is 5.15 Å². The molecule has 0 aromatic carbocycles. The van der Waals surface area contributed by atoms with Crippen molar-refractivity contribution in [3.63, 3.8) is 0 Å². The number of amides is 2. The Hall–Kier alpha value is -1.82. The summed E-state index contributed by atoms with van der Waals surface area (Å²) in [7, 11) is 0. The summed E-state index contributed by atoms with van der Waals surface area (Å²) in [6, 6.07) is 3.29. The van der Waals surface area contributed by atoms with Crippen molar-refractivity contribution < 1.29 is 14.3 Å². The van der Waals surface area contributed by atoms with Crippen molar-refractivity contribution in [2.45, 2.75) is 51.5 Å². The molecule has 1 aliphatic carbocycles. The third kappa shape index (κ3) is 4.47. The van der Waals surface area contributed by atoms with Gasteiger partial charge in [-0.15, -0.1) is 0 Å². The van der Waals surface area contributed by atoms with Crippen molar-refractivity contribution in [3.05, 3.63) is 23.0 Å². The fraction of sp³-hybridized carbons (Fsp3) is 0.632. The highest BCUT2D eigenvalue weighted by molar-refractivity contribution is 6.29. The van der Waals surface area contributed by atoms with Crippen LogP contribution in [0.4, 0.5) is 0 Å². The topological polar surface area (TPSA) is 71.5 Å². The predicted molar refractivity (Wildman–Crippen MR) is 99.4 cm³/mol. The molecule has 0 bridgehead atoms. The second-order valence-corrected chi connectivity index (χ2v) is 7.41. The van der Waals surface area contributed by atoms with E-state index in [0.717, 1.165) is 25.7 Å². The Balaban J connectivity index is 1.54. The first kappa shape index (κ1) is 19.0. The number of halogens is 1. The zero-order valence-corrected chi connectivity index (χ0v) is 15.9. The summed E-state index contributed by atoms with van der Waals surface area (Å²) in [6.45, 7) is 3.29. The fourth-order valence-corrected chi connectivity index (χ4v) is 3.74.